The topological polar surface area (TPSA) is 24.1 Å². The van der Waals surface area contributed by atoms with Crippen LogP contribution in [0, 0.1) is 0 Å². The number of aryl methyl sites for hydroxylation is 1. The lowest BCUT2D eigenvalue weighted by molar-refractivity contribution is 0.624. The van der Waals surface area contributed by atoms with E-state index in [1.807, 2.05) is 11.8 Å². The summed E-state index contributed by atoms with van der Waals surface area (Å²) in [6.45, 7) is 6.42. The Bertz CT molecular complexity index is 366. The van der Waals surface area contributed by atoms with E-state index in [1.165, 1.54) is 29.1 Å². The molecule has 0 saturated heterocycles. The second-order valence-electron chi connectivity index (χ2n) is 4.75. The second kappa shape index (κ2) is 7.82. The van der Waals surface area contributed by atoms with Gasteiger partial charge < -0.3 is 10.6 Å². The molecule has 0 atom stereocenters. The highest BCUT2D eigenvalue weighted by Gasteiger charge is 2.09. The van der Waals surface area contributed by atoms with E-state index in [9.17, 15) is 0 Å². The fourth-order valence-corrected chi connectivity index (χ4v) is 3.30. The van der Waals surface area contributed by atoms with Crippen molar-refractivity contribution >= 4 is 11.8 Å². The molecule has 1 aromatic carbocycles. The van der Waals surface area contributed by atoms with Crippen molar-refractivity contribution in [3.8, 4) is 0 Å². The molecule has 0 amide bonds. The molecule has 1 aromatic rings. The fourth-order valence-electron chi connectivity index (χ4n) is 2.28. The standard InChI is InChI=1S/C15H24N2S/c1-2-16-9-10-17-8-7-13-5-6-15-14(12-13)4-3-11-18-15/h5-6,12,16-17H,2-4,7-11H2,1H3. The number of hydrogen-bond donors (Lipinski definition) is 2. The largest absolute Gasteiger partial charge is 0.316 e. The molecule has 0 spiro atoms. The first-order valence-corrected chi connectivity index (χ1v) is 8.04. The molecule has 0 unspecified atom stereocenters. The quantitative estimate of drug-likeness (QED) is 0.740. The SMILES string of the molecule is CCNCCNCCc1ccc2c(c1)CCCS2. The average molecular weight is 264 g/mol. The van der Waals surface area contributed by atoms with Crippen LogP contribution in [-0.2, 0) is 12.8 Å². The normalized spacial score (nSPS) is 14.5. The van der Waals surface area contributed by atoms with E-state index in [0.29, 0.717) is 0 Å². The van der Waals surface area contributed by atoms with E-state index in [2.05, 4.69) is 35.8 Å². The fraction of sp³-hybridized carbons (Fsp3) is 0.600. The third kappa shape index (κ3) is 4.30. The minimum atomic E-state index is 1.06. The van der Waals surface area contributed by atoms with Crippen LogP contribution in [0.4, 0.5) is 0 Å². The maximum atomic E-state index is 3.48. The lowest BCUT2D eigenvalue weighted by atomic mass is 10.0. The summed E-state index contributed by atoms with van der Waals surface area (Å²) >= 11 is 2.01. The van der Waals surface area contributed by atoms with Crippen molar-refractivity contribution in [2.24, 2.45) is 0 Å². The summed E-state index contributed by atoms with van der Waals surface area (Å²) in [7, 11) is 0. The van der Waals surface area contributed by atoms with Gasteiger partial charge in [0.1, 0.15) is 0 Å². The van der Waals surface area contributed by atoms with Crippen LogP contribution in [0.15, 0.2) is 23.1 Å². The van der Waals surface area contributed by atoms with Gasteiger partial charge >= 0.3 is 0 Å². The molecule has 2 nitrogen and oxygen atoms in total. The Hall–Kier alpha value is -0.510. The maximum absolute atomic E-state index is 3.48. The molecular weight excluding hydrogens is 240 g/mol. The lowest BCUT2D eigenvalue weighted by Crippen LogP contribution is -2.28. The Kier molecular flexibility index (Phi) is 6.05. The smallest absolute Gasteiger partial charge is 0.0104 e. The molecule has 2 N–H and O–H groups in total. The van der Waals surface area contributed by atoms with Crippen molar-refractivity contribution in [2.45, 2.75) is 31.1 Å². The predicted octanol–water partition coefficient (Wildman–Crippen LogP) is 2.47. The van der Waals surface area contributed by atoms with Gasteiger partial charge in [0.15, 0.2) is 0 Å². The Morgan fingerprint density at radius 1 is 1.17 bits per heavy atom. The summed E-state index contributed by atoms with van der Waals surface area (Å²) in [5, 5.41) is 6.80. The Labute approximate surface area is 115 Å². The van der Waals surface area contributed by atoms with E-state index < -0.39 is 0 Å². The minimum Gasteiger partial charge on any atom is -0.316 e. The van der Waals surface area contributed by atoms with Crippen molar-refractivity contribution in [1.29, 1.82) is 0 Å². The van der Waals surface area contributed by atoms with Crippen molar-refractivity contribution in [3.05, 3.63) is 29.3 Å². The molecule has 0 radical (unpaired) electrons. The number of thioether (sulfide) groups is 1. The van der Waals surface area contributed by atoms with E-state index in [-0.39, 0.29) is 0 Å². The van der Waals surface area contributed by atoms with Crippen LogP contribution in [0.2, 0.25) is 0 Å². The molecule has 0 bridgehead atoms. The molecule has 0 aromatic heterocycles. The van der Waals surface area contributed by atoms with Gasteiger partial charge in [-0.2, -0.15) is 0 Å². The van der Waals surface area contributed by atoms with Gasteiger partial charge in [-0.15, -0.1) is 11.8 Å². The summed E-state index contributed by atoms with van der Waals surface area (Å²) in [6, 6.07) is 7.02. The molecule has 0 aliphatic carbocycles. The number of benzene rings is 1. The molecule has 3 heteroatoms. The van der Waals surface area contributed by atoms with E-state index in [0.717, 1.165) is 32.6 Å². The van der Waals surface area contributed by atoms with Gasteiger partial charge in [0.25, 0.3) is 0 Å². The van der Waals surface area contributed by atoms with Crippen LogP contribution in [0.1, 0.15) is 24.5 Å². The van der Waals surface area contributed by atoms with Crippen LogP contribution in [0.3, 0.4) is 0 Å². The zero-order valence-corrected chi connectivity index (χ0v) is 12.1. The zero-order valence-electron chi connectivity index (χ0n) is 11.3. The molecule has 1 aliphatic rings. The predicted molar refractivity (Wildman–Crippen MR) is 80.6 cm³/mol. The highest BCUT2D eigenvalue weighted by molar-refractivity contribution is 7.99. The van der Waals surface area contributed by atoms with E-state index >= 15 is 0 Å². The van der Waals surface area contributed by atoms with Crippen LogP contribution in [-0.4, -0.2) is 31.9 Å². The zero-order chi connectivity index (χ0) is 12.6. The van der Waals surface area contributed by atoms with E-state index in [4.69, 9.17) is 0 Å². The van der Waals surface area contributed by atoms with Gasteiger partial charge in [0.2, 0.25) is 0 Å². The molecule has 1 aliphatic heterocycles. The van der Waals surface area contributed by atoms with Crippen LogP contribution < -0.4 is 10.6 Å². The molecule has 18 heavy (non-hydrogen) atoms. The minimum absolute atomic E-state index is 1.06. The second-order valence-corrected chi connectivity index (χ2v) is 5.88. The van der Waals surface area contributed by atoms with Gasteiger partial charge in [-0.25, -0.2) is 0 Å². The number of nitrogens with one attached hydrogen (secondary N) is 2. The van der Waals surface area contributed by atoms with Crippen LogP contribution in [0.25, 0.3) is 0 Å². The number of likely N-dealkylation sites (N-methyl/N-ethyl adjacent to an activating group) is 1. The average Bonchev–Trinajstić information content (AvgIpc) is 2.42. The Balaban J connectivity index is 1.72. The number of hydrogen-bond acceptors (Lipinski definition) is 3. The monoisotopic (exact) mass is 264 g/mol. The summed E-state index contributed by atoms with van der Waals surface area (Å²) in [4.78, 5) is 1.50. The molecule has 0 fully saturated rings. The van der Waals surface area contributed by atoms with Crippen LogP contribution >= 0.6 is 11.8 Å². The van der Waals surface area contributed by atoms with Crippen LogP contribution in [0.5, 0.6) is 0 Å². The summed E-state index contributed by atoms with van der Waals surface area (Å²) in [6.07, 6.45) is 3.75. The van der Waals surface area contributed by atoms with E-state index in [1.54, 1.807) is 5.56 Å². The first-order valence-electron chi connectivity index (χ1n) is 7.06. The highest BCUT2D eigenvalue weighted by atomic mass is 32.2. The van der Waals surface area contributed by atoms with Gasteiger partial charge in [-0.3, -0.25) is 0 Å². The lowest BCUT2D eigenvalue weighted by Gasteiger charge is -2.16. The maximum Gasteiger partial charge on any atom is 0.0104 e. The molecule has 0 saturated carbocycles. The summed E-state index contributed by atoms with van der Waals surface area (Å²) in [5.74, 6) is 1.29. The summed E-state index contributed by atoms with van der Waals surface area (Å²) in [5.41, 5.74) is 3.05. The Morgan fingerprint density at radius 3 is 2.94 bits per heavy atom. The van der Waals surface area contributed by atoms with Gasteiger partial charge in [0, 0.05) is 18.0 Å². The van der Waals surface area contributed by atoms with Gasteiger partial charge in [-0.1, -0.05) is 19.1 Å². The Morgan fingerprint density at radius 2 is 2.06 bits per heavy atom. The first kappa shape index (κ1) is 13.9. The number of rotatable bonds is 7. The molecule has 2 rings (SSSR count). The summed E-state index contributed by atoms with van der Waals surface area (Å²) < 4.78 is 0. The van der Waals surface area contributed by atoms with Crippen molar-refractivity contribution in [3.63, 3.8) is 0 Å². The molecule has 100 valence electrons. The van der Waals surface area contributed by atoms with Crippen molar-refractivity contribution < 1.29 is 0 Å². The molecular formula is C15H24N2S. The van der Waals surface area contributed by atoms with Gasteiger partial charge in [-0.05, 0) is 55.3 Å². The van der Waals surface area contributed by atoms with Gasteiger partial charge in [0.05, 0.1) is 0 Å². The highest BCUT2D eigenvalue weighted by Crippen LogP contribution is 2.30. The number of fused-ring (bicyclic) bond motifs is 1. The third-order valence-corrected chi connectivity index (χ3v) is 4.49. The third-order valence-electron chi connectivity index (χ3n) is 3.29. The van der Waals surface area contributed by atoms with Crippen molar-refractivity contribution in [2.75, 3.05) is 31.9 Å². The first-order chi connectivity index (χ1) is 8.90. The molecule has 1 heterocycles. The van der Waals surface area contributed by atoms with Crippen molar-refractivity contribution in [1.82, 2.24) is 10.6 Å².